The lowest BCUT2D eigenvalue weighted by molar-refractivity contribution is -0.141. The lowest BCUT2D eigenvalue weighted by Gasteiger charge is -2.13. The summed E-state index contributed by atoms with van der Waals surface area (Å²) in [7, 11) is 0. The number of carbonyl (C=O) groups is 1. The van der Waals surface area contributed by atoms with Gasteiger partial charge in [0, 0.05) is 5.02 Å². The number of halogens is 5. The maximum Gasteiger partial charge on any atom is 0.419 e. The summed E-state index contributed by atoms with van der Waals surface area (Å²) >= 11 is 5.42. The van der Waals surface area contributed by atoms with E-state index in [4.69, 9.17) is 16.7 Å². The normalized spacial score (nSPS) is 11.6. The molecular weight excluding hydrogens is 252 g/mol. The van der Waals surface area contributed by atoms with Crippen molar-refractivity contribution >= 4 is 17.6 Å². The van der Waals surface area contributed by atoms with Crippen molar-refractivity contribution in [3.8, 4) is 0 Å². The third-order valence-corrected chi connectivity index (χ3v) is 2.17. The largest absolute Gasteiger partial charge is 0.481 e. The molecule has 1 N–H and O–H groups in total. The van der Waals surface area contributed by atoms with Crippen LogP contribution in [0.4, 0.5) is 17.6 Å². The van der Waals surface area contributed by atoms with Crippen LogP contribution in [0.5, 0.6) is 0 Å². The van der Waals surface area contributed by atoms with E-state index in [0.717, 1.165) is 6.07 Å². The molecule has 0 radical (unpaired) electrons. The van der Waals surface area contributed by atoms with Crippen molar-refractivity contribution in [2.24, 2.45) is 0 Å². The van der Waals surface area contributed by atoms with Gasteiger partial charge in [-0.2, -0.15) is 13.2 Å². The van der Waals surface area contributed by atoms with Gasteiger partial charge < -0.3 is 5.11 Å². The summed E-state index contributed by atoms with van der Waals surface area (Å²) in [6, 6.07) is 1.45. The van der Waals surface area contributed by atoms with Crippen LogP contribution in [0.15, 0.2) is 12.1 Å². The Balaban J connectivity index is 3.43. The SMILES string of the molecule is O=C(O)Cc1c(Cl)ccc(F)c1C(F)(F)F. The fourth-order valence-corrected chi connectivity index (χ4v) is 1.45. The number of carboxylic acids is 1. The van der Waals surface area contributed by atoms with Crippen LogP contribution >= 0.6 is 11.6 Å². The van der Waals surface area contributed by atoms with Crippen molar-refractivity contribution in [1.29, 1.82) is 0 Å². The molecule has 0 saturated carbocycles. The molecule has 0 bridgehead atoms. The van der Waals surface area contributed by atoms with Crippen LogP contribution < -0.4 is 0 Å². The van der Waals surface area contributed by atoms with Crippen LogP contribution in [0.1, 0.15) is 11.1 Å². The van der Waals surface area contributed by atoms with Crippen LogP contribution in [-0.4, -0.2) is 11.1 Å². The minimum absolute atomic E-state index is 0.420. The van der Waals surface area contributed by atoms with Gasteiger partial charge in [0.1, 0.15) is 5.82 Å². The smallest absolute Gasteiger partial charge is 0.419 e. The standard InChI is InChI=1S/C9H5ClF4O2/c10-5-1-2-6(11)8(9(12,13)14)4(5)3-7(15)16/h1-2H,3H2,(H,15,16). The van der Waals surface area contributed by atoms with Gasteiger partial charge in [0.05, 0.1) is 12.0 Å². The molecule has 0 atom stereocenters. The highest BCUT2D eigenvalue weighted by molar-refractivity contribution is 6.31. The van der Waals surface area contributed by atoms with Gasteiger partial charge in [-0.3, -0.25) is 4.79 Å². The number of hydrogen-bond donors (Lipinski definition) is 1. The Hall–Kier alpha value is -1.30. The molecule has 1 rings (SSSR count). The second-order valence-electron chi connectivity index (χ2n) is 2.95. The lowest BCUT2D eigenvalue weighted by atomic mass is 10.0. The molecule has 0 aliphatic heterocycles. The Morgan fingerprint density at radius 1 is 1.38 bits per heavy atom. The fourth-order valence-electron chi connectivity index (χ4n) is 1.22. The molecule has 7 heteroatoms. The molecule has 0 spiro atoms. The molecule has 0 aliphatic carbocycles. The number of aliphatic carboxylic acids is 1. The first-order valence-corrected chi connectivity index (χ1v) is 4.37. The van der Waals surface area contributed by atoms with Crippen LogP contribution in [-0.2, 0) is 17.4 Å². The number of benzene rings is 1. The Morgan fingerprint density at radius 3 is 2.38 bits per heavy atom. The quantitative estimate of drug-likeness (QED) is 0.826. The lowest BCUT2D eigenvalue weighted by Crippen LogP contribution is -2.15. The second kappa shape index (κ2) is 4.29. The Labute approximate surface area is 92.4 Å². The van der Waals surface area contributed by atoms with E-state index in [1.165, 1.54) is 0 Å². The molecule has 88 valence electrons. The Morgan fingerprint density at radius 2 is 1.94 bits per heavy atom. The van der Waals surface area contributed by atoms with Crippen LogP contribution in [0.3, 0.4) is 0 Å². The fraction of sp³-hybridized carbons (Fsp3) is 0.222. The topological polar surface area (TPSA) is 37.3 Å². The second-order valence-corrected chi connectivity index (χ2v) is 3.36. The molecule has 16 heavy (non-hydrogen) atoms. The van der Waals surface area contributed by atoms with Gasteiger partial charge in [0.2, 0.25) is 0 Å². The highest BCUT2D eigenvalue weighted by Crippen LogP contribution is 2.37. The van der Waals surface area contributed by atoms with Crippen molar-refractivity contribution in [2.75, 3.05) is 0 Å². The highest BCUT2D eigenvalue weighted by Gasteiger charge is 2.38. The molecule has 0 aromatic heterocycles. The average molecular weight is 257 g/mol. The molecule has 0 fully saturated rings. The van der Waals surface area contributed by atoms with Gasteiger partial charge in [0.15, 0.2) is 0 Å². The number of alkyl halides is 3. The summed E-state index contributed by atoms with van der Waals surface area (Å²) in [5, 5.41) is 8.00. The maximum absolute atomic E-state index is 13.0. The molecular formula is C9H5ClF4O2. The summed E-state index contributed by atoms with van der Waals surface area (Å²) in [5.41, 5.74) is -2.39. The summed E-state index contributed by atoms with van der Waals surface area (Å²) in [6.07, 6.45) is -5.95. The molecule has 2 nitrogen and oxygen atoms in total. The number of rotatable bonds is 2. The predicted molar refractivity (Wildman–Crippen MR) is 47.8 cm³/mol. The first-order valence-electron chi connectivity index (χ1n) is 3.99. The van der Waals surface area contributed by atoms with Gasteiger partial charge in [0.25, 0.3) is 0 Å². The average Bonchev–Trinajstić information content (AvgIpc) is 2.08. The minimum atomic E-state index is -4.97. The summed E-state index contributed by atoms with van der Waals surface area (Å²) in [4.78, 5) is 10.4. The Kier molecular flexibility index (Phi) is 3.42. The molecule has 0 unspecified atom stereocenters. The van der Waals surface area contributed by atoms with E-state index < -0.39 is 40.5 Å². The summed E-state index contributed by atoms with van der Waals surface area (Å²) in [6.45, 7) is 0. The first-order chi connectivity index (χ1) is 7.23. The highest BCUT2D eigenvalue weighted by atomic mass is 35.5. The third kappa shape index (κ3) is 2.63. The van der Waals surface area contributed by atoms with Crippen molar-refractivity contribution in [3.63, 3.8) is 0 Å². The van der Waals surface area contributed by atoms with E-state index in [9.17, 15) is 22.4 Å². The zero-order valence-corrected chi connectivity index (χ0v) is 8.36. The van der Waals surface area contributed by atoms with E-state index in [2.05, 4.69) is 0 Å². The van der Waals surface area contributed by atoms with E-state index in [1.54, 1.807) is 0 Å². The monoisotopic (exact) mass is 256 g/mol. The number of hydrogen-bond acceptors (Lipinski definition) is 1. The summed E-state index contributed by atoms with van der Waals surface area (Å²) in [5.74, 6) is -3.05. The van der Waals surface area contributed by atoms with Gasteiger partial charge >= 0.3 is 12.1 Å². The van der Waals surface area contributed by atoms with E-state index in [1.807, 2.05) is 0 Å². The molecule has 0 amide bonds. The summed E-state index contributed by atoms with van der Waals surface area (Å²) < 4.78 is 50.3. The number of carboxylic acid groups (broad SMARTS) is 1. The first kappa shape index (κ1) is 12.8. The van der Waals surface area contributed by atoms with Gasteiger partial charge in [-0.05, 0) is 17.7 Å². The van der Waals surface area contributed by atoms with Gasteiger partial charge in [-0.25, -0.2) is 4.39 Å². The van der Waals surface area contributed by atoms with Crippen LogP contribution in [0, 0.1) is 5.82 Å². The zero-order valence-electron chi connectivity index (χ0n) is 7.61. The van der Waals surface area contributed by atoms with Gasteiger partial charge in [-0.15, -0.1) is 0 Å². The Bertz CT molecular complexity index is 428. The van der Waals surface area contributed by atoms with Crippen molar-refractivity contribution in [1.82, 2.24) is 0 Å². The van der Waals surface area contributed by atoms with Gasteiger partial charge in [-0.1, -0.05) is 11.6 Å². The molecule has 1 aromatic rings. The van der Waals surface area contributed by atoms with Crippen molar-refractivity contribution in [3.05, 3.63) is 34.1 Å². The molecule has 0 saturated heterocycles. The van der Waals surface area contributed by atoms with Crippen LogP contribution in [0.25, 0.3) is 0 Å². The third-order valence-electron chi connectivity index (χ3n) is 1.82. The van der Waals surface area contributed by atoms with Crippen molar-refractivity contribution in [2.45, 2.75) is 12.6 Å². The van der Waals surface area contributed by atoms with Crippen molar-refractivity contribution < 1.29 is 27.5 Å². The predicted octanol–water partition coefficient (Wildman–Crippen LogP) is 3.13. The van der Waals surface area contributed by atoms with Crippen LogP contribution in [0.2, 0.25) is 5.02 Å². The minimum Gasteiger partial charge on any atom is -0.481 e. The molecule has 1 aromatic carbocycles. The maximum atomic E-state index is 13.0. The molecule has 0 heterocycles. The molecule has 0 aliphatic rings. The van der Waals surface area contributed by atoms with E-state index in [-0.39, 0.29) is 0 Å². The van der Waals surface area contributed by atoms with E-state index >= 15 is 0 Å². The zero-order chi connectivity index (χ0) is 12.5. The van der Waals surface area contributed by atoms with E-state index in [0.29, 0.717) is 6.07 Å².